The lowest BCUT2D eigenvalue weighted by molar-refractivity contribution is 0.00894. The molecule has 0 saturated carbocycles. The molecule has 0 unspecified atom stereocenters. The lowest BCUT2D eigenvalue weighted by Crippen LogP contribution is -2.56. The van der Waals surface area contributed by atoms with E-state index in [-0.39, 0.29) is 36.1 Å². The lowest BCUT2D eigenvalue weighted by Gasteiger charge is -2.39. The maximum Gasteiger partial charge on any atom is 0.410 e. The minimum atomic E-state index is -0.471. The fourth-order valence-corrected chi connectivity index (χ4v) is 3.48. The van der Waals surface area contributed by atoms with Crippen molar-refractivity contribution in [3.63, 3.8) is 0 Å². The number of anilines is 1. The van der Waals surface area contributed by atoms with Crippen molar-refractivity contribution >= 4 is 52.5 Å². The molecule has 0 atom stereocenters. The number of thiazole rings is 1. The summed E-state index contributed by atoms with van der Waals surface area (Å²) in [5.41, 5.74) is 5.69. The number of nitrogens with two attached hydrogens (primary N) is 1. The Balaban J connectivity index is 0.00000243. The first-order valence-corrected chi connectivity index (χ1v) is 9.40. The molecule has 1 aromatic rings. The molecule has 10 heteroatoms. The summed E-state index contributed by atoms with van der Waals surface area (Å²) in [6.45, 7) is 10.2. The van der Waals surface area contributed by atoms with E-state index in [1.807, 2.05) is 32.3 Å². The van der Waals surface area contributed by atoms with Crippen molar-refractivity contribution < 1.29 is 9.53 Å². The highest BCUT2D eigenvalue weighted by molar-refractivity contribution is 14.0. The van der Waals surface area contributed by atoms with Gasteiger partial charge in [-0.2, -0.15) is 0 Å². The second-order valence-corrected chi connectivity index (χ2v) is 8.19. The zero-order chi connectivity index (χ0) is 18.0. The Morgan fingerprint density at radius 2 is 1.92 bits per heavy atom. The molecule has 1 amide bonds. The minimum Gasteiger partial charge on any atom is -0.444 e. The summed E-state index contributed by atoms with van der Waals surface area (Å²) in [4.78, 5) is 26.9. The Hall–Kier alpha value is -1.30. The summed E-state index contributed by atoms with van der Waals surface area (Å²) < 4.78 is 5.34. The van der Waals surface area contributed by atoms with Crippen LogP contribution in [0.3, 0.4) is 0 Å². The van der Waals surface area contributed by atoms with E-state index >= 15 is 0 Å². The number of hydrogen-bond donors (Lipinski definition) is 1. The first-order chi connectivity index (χ1) is 11.8. The van der Waals surface area contributed by atoms with Gasteiger partial charge in [-0.05, 0) is 20.8 Å². The molecular weight excluding hydrogens is 467 g/mol. The van der Waals surface area contributed by atoms with Crippen molar-refractivity contribution in [3.05, 3.63) is 11.6 Å². The summed E-state index contributed by atoms with van der Waals surface area (Å²) >= 11 is 1.65. The van der Waals surface area contributed by atoms with Gasteiger partial charge < -0.3 is 25.2 Å². The zero-order valence-electron chi connectivity index (χ0n) is 15.4. The van der Waals surface area contributed by atoms with Crippen LogP contribution >= 0.6 is 35.3 Å². The number of carbonyl (C=O) groups is 1. The van der Waals surface area contributed by atoms with E-state index in [2.05, 4.69) is 19.8 Å². The number of guanidine groups is 1. The molecule has 2 aliphatic rings. The molecule has 0 radical (unpaired) electrons. The van der Waals surface area contributed by atoms with Crippen molar-refractivity contribution in [1.29, 1.82) is 0 Å². The van der Waals surface area contributed by atoms with Crippen LogP contribution in [0.25, 0.3) is 0 Å². The molecule has 26 heavy (non-hydrogen) atoms. The Morgan fingerprint density at radius 1 is 1.27 bits per heavy atom. The van der Waals surface area contributed by atoms with Gasteiger partial charge in [0.25, 0.3) is 0 Å². The number of likely N-dealkylation sites (tertiary alicyclic amines) is 1. The zero-order valence-corrected chi connectivity index (χ0v) is 18.6. The van der Waals surface area contributed by atoms with Crippen LogP contribution < -0.4 is 10.6 Å². The molecule has 0 aliphatic carbocycles. The third kappa shape index (κ3) is 5.35. The highest BCUT2D eigenvalue weighted by Gasteiger charge is 2.34. The SMILES string of the molecule is CC(C)(C)OC(=O)N1CC(N=C(N)N2CCN(c3nccs3)CC2)C1.I. The van der Waals surface area contributed by atoms with E-state index in [0.29, 0.717) is 19.0 Å². The molecule has 0 spiro atoms. The van der Waals surface area contributed by atoms with Gasteiger partial charge in [0.15, 0.2) is 11.1 Å². The lowest BCUT2D eigenvalue weighted by atomic mass is 10.1. The van der Waals surface area contributed by atoms with Crippen molar-refractivity contribution in [2.45, 2.75) is 32.4 Å². The smallest absolute Gasteiger partial charge is 0.410 e. The Bertz CT molecular complexity index is 619. The number of rotatable bonds is 2. The van der Waals surface area contributed by atoms with E-state index in [0.717, 1.165) is 31.3 Å². The fourth-order valence-electron chi connectivity index (χ4n) is 2.78. The number of nitrogens with zero attached hydrogens (tertiary/aromatic N) is 5. The van der Waals surface area contributed by atoms with E-state index in [1.54, 1.807) is 16.2 Å². The van der Waals surface area contributed by atoms with E-state index in [9.17, 15) is 4.79 Å². The molecule has 0 bridgehead atoms. The Labute approximate surface area is 175 Å². The standard InChI is InChI=1S/C16H26N6O2S.HI/c1-16(2,3)24-15(23)22-10-12(11-22)19-13(17)20-5-7-21(8-6-20)14-18-4-9-25-14;/h4,9,12H,5-8,10-11H2,1-3H3,(H2,17,19);1H. The molecule has 2 fully saturated rings. The highest BCUT2D eigenvalue weighted by atomic mass is 127. The fraction of sp³-hybridized carbons (Fsp3) is 0.688. The van der Waals surface area contributed by atoms with Crippen molar-refractivity contribution in [2.24, 2.45) is 10.7 Å². The Kier molecular flexibility index (Phi) is 6.94. The highest BCUT2D eigenvalue weighted by Crippen LogP contribution is 2.20. The van der Waals surface area contributed by atoms with Gasteiger partial charge in [0, 0.05) is 50.8 Å². The second-order valence-electron chi connectivity index (χ2n) is 7.32. The maximum absolute atomic E-state index is 11.9. The van der Waals surface area contributed by atoms with Gasteiger partial charge in [0.05, 0.1) is 6.04 Å². The molecule has 8 nitrogen and oxygen atoms in total. The third-order valence-corrected chi connectivity index (χ3v) is 4.95. The number of aliphatic imine (C=N–C) groups is 1. The number of aromatic nitrogens is 1. The van der Waals surface area contributed by atoms with Gasteiger partial charge in [-0.1, -0.05) is 0 Å². The van der Waals surface area contributed by atoms with Gasteiger partial charge in [-0.3, -0.25) is 0 Å². The van der Waals surface area contributed by atoms with Gasteiger partial charge in [-0.15, -0.1) is 35.3 Å². The monoisotopic (exact) mass is 494 g/mol. The van der Waals surface area contributed by atoms with Gasteiger partial charge in [0.1, 0.15) is 5.60 Å². The van der Waals surface area contributed by atoms with Crippen LogP contribution in [-0.2, 0) is 4.74 Å². The summed E-state index contributed by atoms with van der Waals surface area (Å²) in [6, 6.07) is 0.0597. The molecule has 3 heterocycles. The molecule has 146 valence electrons. The van der Waals surface area contributed by atoms with Gasteiger partial charge in [0.2, 0.25) is 0 Å². The van der Waals surface area contributed by atoms with E-state index in [1.165, 1.54) is 0 Å². The normalized spacial score (nSPS) is 19.0. The molecule has 0 aromatic carbocycles. The maximum atomic E-state index is 11.9. The predicted octanol–water partition coefficient (Wildman–Crippen LogP) is 1.82. The van der Waals surface area contributed by atoms with Crippen LogP contribution in [-0.4, -0.2) is 77.7 Å². The summed E-state index contributed by atoms with van der Waals surface area (Å²) in [6.07, 6.45) is 1.55. The number of halogens is 1. The molecule has 3 rings (SSSR count). The molecule has 2 N–H and O–H groups in total. The van der Waals surface area contributed by atoms with Crippen LogP contribution in [0, 0.1) is 0 Å². The van der Waals surface area contributed by atoms with E-state index < -0.39 is 5.60 Å². The summed E-state index contributed by atoms with van der Waals surface area (Å²) in [5, 5.41) is 3.05. The number of piperazine rings is 1. The third-order valence-electron chi connectivity index (χ3n) is 4.12. The number of amides is 1. The summed E-state index contributed by atoms with van der Waals surface area (Å²) in [7, 11) is 0. The van der Waals surface area contributed by atoms with Crippen molar-refractivity contribution in [1.82, 2.24) is 14.8 Å². The topological polar surface area (TPSA) is 87.3 Å². The molecular formula is C16H27IN6O2S. The van der Waals surface area contributed by atoms with Gasteiger partial charge in [-0.25, -0.2) is 14.8 Å². The average molecular weight is 494 g/mol. The number of hydrogen-bond acceptors (Lipinski definition) is 6. The Morgan fingerprint density at radius 3 is 2.46 bits per heavy atom. The first kappa shape index (κ1) is 21.0. The van der Waals surface area contributed by atoms with Crippen molar-refractivity contribution in [2.75, 3.05) is 44.2 Å². The van der Waals surface area contributed by atoms with Crippen LogP contribution in [0.1, 0.15) is 20.8 Å². The van der Waals surface area contributed by atoms with Crippen LogP contribution in [0.2, 0.25) is 0 Å². The summed E-state index contributed by atoms with van der Waals surface area (Å²) in [5.74, 6) is 0.563. The van der Waals surface area contributed by atoms with Crippen LogP contribution in [0.4, 0.5) is 9.93 Å². The number of ether oxygens (including phenoxy) is 1. The van der Waals surface area contributed by atoms with Crippen LogP contribution in [0.15, 0.2) is 16.6 Å². The van der Waals surface area contributed by atoms with E-state index in [4.69, 9.17) is 10.5 Å². The largest absolute Gasteiger partial charge is 0.444 e. The second kappa shape index (κ2) is 8.59. The molecule has 1 aromatic heterocycles. The van der Waals surface area contributed by atoms with Crippen LogP contribution in [0.5, 0.6) is 0 Å². The first-order valence-electron chi connectivity index (χ1n) is 8.52. The number of carbonyl (C=O) groups excluding carboxylic acids is 1. The van der Waals surface area contributed by atoms with Crippen molar-refractivity contribution in [3.8, 4) is 0 Å². The predicted molar refractivity (Wildman–Crippen MR) is 115 cm³/mol. The molecule has 2 aliphatic heterocycles. The average Bonchev–Trinajstić information content (AvgIpc) is 3.02. The molecule has 2 saturated heterocycles. The minimum absolute atomic E-state index is 0. The van der Waals surface area contributed by atoms with Gasteiger partial charge >= 0.3 is 6.09 Å². The quantitative estimate of drug-likeness (QED) is 0.384.